The fourth-order valence-corrected chi connectivity index (χ4v) is 4.55. The van der Waals surface area contributed by atoms with Crippen molar-refractivity contribution in [2.24, 2.45) is 0 Å². The average Bonchev–Trinajstić information content (AvgIpc) is 2.68. The minimum absolute atomic E-state index is 0.0508. The highest BCUT2D eigenvalue weighted by atomic mass is 16.5. The molecule has 1 aliphatic carbocycles. The summed E-state index contributed by atoms with van der Waals surface area (Å²) in [5, 5.41) is 9.58. The van der Waals surface area contributed by atoms with Gasteiger partial charge in [0.25, 0.3) is 0 Å². The molecular weight excluding hydrogens is 372 g/mol. The van der Waals surface area contributed by atoms with Crippen LogP contribution in [0.15, 0.2) is 36.9 Å². The maximum atomic E-state index is 11.7. The van der Waals surface area contributed by atoms with E-state index < -0.39 is 5.97 Å². The van der Waals surface area contributed by atoms with Crippen LogP contribution < -0.4 is 4.74 Å². The Morgan fingerprint density at radius 1 is 1.10 bits per heavy atom. The van der Waals surface area contributed by atoms with Crippen LogP contribution in [0.2, 0.25) is 0 Å². The molecule has 1 aliphatic rings. The van der Waals surface area contributed by atoms with Gasteiger partial charge in [-0.1, -0.05) is 65.0 Å². The summed E-state index contributed by atoms with van der Waals surface area (Å²) in [6.07, 6.45) is 3.13. The van der Waals surface area contributed by atoms with Gasteiger partial charge in [-0.2, -0.15) is 0 Å². The molecule has 0 unspecified atom stereocenters. The number of rotatable bonds is 6. The van der Waals surface area contributed by atoms with Gasteiger partial charge in [0.05, 0.1) is 12.2 Å². The zero-order chi connectivity index (χ0) is 22.3. The lowest BCUT2D eigenvalue weighted by Crippen LogP contribution is -2.34. The first-order valence-corrected chi connectivity index (χ1v) is 10.8. The van der Waals surface area contributed by atoms with Gasteiger partial charge in [-0.05, 0) is 71.4 Å². The SMILES string of the molecule is C=C(C(=O)O)c1cc(-c2cc(C)cc3c2C(C)(C)CCC3(C)C)ccc1OCCC. The van der Waals surface area contributed by atoms with Crippen molar-refractivity contribution in [3.05, 3.63) is 59.2 Å². The van der Waals surface area contributed by atoms with Gasteiger partial charge in [-0.3, -0.25) is 0 Å². The highest BCUT2D eigenvalue weighted by Gasteiger charge is 2.39. The Kier molecular flexibility index (Phi) is 5.86. The smallest absolute Gasteiger partial charge is 0.335 e. The Labute approximate surface area is 180 Å². The third kappa shape index (κ3) is 4.03. The third-order valence-corrected chi connectivity index (χ3v) is 6.40. The van der Waals surface area contributed by atoms with Crippen LogP contribution in [-0.4, -0.2) is 17.7 Å². The Hall–Kier alpha value is -2.55. The molecular formula is C27H34O3. The van der Waals surface area contributed by atoms with Gasteiger partial charge in [0.15, 0.2) is 0 Å². The van der Waals surface area contributed by atoms with Gasteiger partial charge < -0.3 is 9.84 Å². The molecule has 0 amide bonds. The topological polar surface area (TPSA) is 46.5 Å². The normalized spacial score (nSPS) is 16.6. The average molecular weight is 407 g/mol. The highest BCUT2D eigenvalue weighted by Crippen LogP contribution is 2.50. The monoisotopic (exact) mass is 406 g/mol. The second-order valence-corrected chi connectivity index (χ2v) is 9.85. The van der Waals surface area contributed by atoms with Crippen molar-refractivity contribution >= 4 is 11.5 Å². The van der Waals surface area contributed by atoms with E-state index in [0.717, 1.165) is 24.8 Å². The fraction of sp³-hybridized carbons (Fsp3) is 0.444. The largest absolute Gasteiger partial charge is 0.493 e. The van der Waals surface area contributed by atoms with Gasteiger partial charge >= 0.3 is 5.97 Å². The molecule has 0 aliphatic heterocycles. The molecule has 30 heavy (non-hydrogen) atoms. The molecule has 0 bridgehead atoms. The molecule has 0 heterocycles. The number of hydrogen-bond donors (Lipinski definition) is 1. The predicted octanol–water partition coefficient (Wildman–Crippen LogP) is 6.90. The lowest BCUT2D eigenvalue weighted by atomic mass is 9.61. The maximum absolute atomic E-state index is 11.7. The Bertz CT molecular complexity index is 995. The van der Waals surface area contributed by atoms with Crippen LogP contribution in [0.4, 0.5) is 0 Å². The minimum atomic E-state index is -1.03. The van der Waals surface area contributed by atoms with Crippen LogP contribution in [0, 0.1) is 6.92 Å². The predicted molar refractivity (Wildman–Crippen MR) is 124 cm³/mol. The molecule has 1 N–H and O–H groups in total. The highest BCUT2D eigenvalue weighted by molar-refractivity contribution is 6.15. The zero-order valence-electron chi connectivity index (χ0n) is 19.2. The number of fused-ring (bicyclic) bond motifs is 1. The summed E-state index contributed by atoms with van der Waals surface area (Å²) in [6, 6.07) is 10.4. The van der Waals surface area contributed by atoms with Crippen molar-refractivity contribution in [2.45, 2.75) is 71.6 Å². The summed E-state index contributed by atoms with van der Waals surface area (Å²) in [5.41, 5.74) is 6.97. The molecule has 3 heteroatoms. The van der Waals surface area contributed by atoms with Crippen LogP contribution in [0.1, 0.15) is 76.1 Å². The first-order valence-electron chi connectivity index (χ1n) is 10.8. The number of benzene rings is 2. The van der Waals surface area contributed by atoms with Crippen LogP contribution >= 0.6 is 0 Å². The number of carboxylic acid groups (broad SMARTS) is 1. The van der Waals surface area contributed by atoms with Crippen molar-refractivity contribution in [1.29, 1.82) is 0 Å². The summed E-state index contributed by atoms with van der Waals surface area (Å²) in [7, 11) is 0. The molecule has 0 saturated carbocycles. The first kappa shape index (κ1) is 22.1. The quantitative estimate of drug-likeness (QED) is 0.531. The van der Waals surface area contributed by atoms with E-state index >= 15 is 0 Å². The van der Waals surface area contributed by atoms with Gasteiger partial charge in [0.1, 0.15) is 5.75 Å². The molecule has 0 radical (unpaired) electrons. The lowest BCUT2D eigenvalue weighted by molar-refractivity contribution is -0.130. The lowest BCUT2D eigenvalue weighted by Gasteiger charge is -2.43. The standard InChI is InChI=1S/C27H34O3/c1-8-13-30-23-10-9-19(16-20(23)18(3)25(28)29)21-14-17(2)15-22-24(21)27(6,7)12-11-26(22,4)5/h9-10,14-16H,3,8,11-13H2,1-2,4-7H3,(H,28,29). The number of aryl methyl sites for hydroxylation is 1. The second kappa shape index (κ2) is 7.94. The van der Waals surface area contributed by atoms with E-state index in [0.29, 0.717) is 17.9 Å². The maximum Gasteiger partial charge on any atom is 0.335 e. The van der Waals surface area contributed by atoms with Gasteiger partial charge in [-0.25, -0.2) is 4.79 Å². The molecule has 0 fully saturated rings. The summed E-state index contributed by atoms with van der Waals surface area (Å²) in [6.45, 7) is 17.8. The first-order chi connectivity index (χ1) is 14.0. The van der Waals surface area contributed by atoms with E-state index in [1.165, 1.54) is 22.3 Å². The fourth-order valence-electron chi connectivity index (χ4n) is 4.55. The molecule has 0 aromatic heterocycles. The summed E-state index contributed by atoms with van der Waals surface area (Å²) in [5.74, 6) is -0.449. The Balaban J connectivity index is 2.26. The summed E-state index contributed by atoms with van der Waals surface area (Å²) in [4.78, 5) is 11.7. The number of carboxylic acids is 1. The molecule has 2 aromatic carbocycles. The number of aliphatic carboxylic acids is 1. The van der Waals surface area contributed by atoms with Crippen molar-refractivity contribution < 1.29 is 14.6 Å². The van der Waals surface area contributed by atoms with Crippen LogP contribution in [-0.2, 0) is 15.6 Å². The van der Waals surface area contributed by atoms with Gasteiger partial charge in [-0.15, -0.1) is 0 Å². The molecule has 0 spiro atoms. The van der Waals surface area contributed by atoms with Crippen molar-refractivity contribution in [2.75, 3.05) is 6.61 Å². The molecule has 3 nitrogen and oxygen atoms in total. The van der Waals surface area contributed by atoms with E-state index in [1.807, 2.05) is 19.1 Å². The Morgan fingerprint density at radius 2 is 1.77 bits per heavy atom. The van der Waals surface area contributed by atoms with E-state index in [4.69, 9.17) is 4.74 Å². The summed E-state index contributed by atoms with van der Waals surface area (Å²) < 4.78 is 5.83. The van der Waals surface area contributed by atoms with Crippen LogP contribution in [0.3, 0.4) is 0 Å². The molecule has 0 atom stereocenters. The van der Waals surface area contributed by atoms with E-state index in [2.05, 4.69) is 59.4 Å². The van der Waals surface area contributed by atoms with E-state index in [9.17, 15) is 9.90 Å². The minimum Gasteiger partial charge on any atom is -0.493 e. The summed E-state index contributed by atoms with van der Waals surface area (Å²) >= 11 is 0. The Morgan fingerprint density at radius 3 is 2.40 bits per heavy atom. The molecule has 0 saturated heterocycles. The van der Waals surface area contributed by atoms with Gasteiger partial charge in [0.2, 0.25) is 0 Å². The van der Waals surface area contributed by atoms with E-state index in [-0.39, 0.29) is 16.4 Å². The van der Waals surface area contributed by atoms with Crippen molar-refractivity contribution in [3.63, 3.8) is 0 Å². The number of ether oxygens (including phenoxy) is 1. The second-order valence-electron chi connectivity index (χ2n) is 9.85. The zero-order valence-corrected chi connectivity index (χ0v) is 19.2. The van der Waals surface area contributed by atoms with Crippen LogP contribution in [0.25, 0.3) is 16.7 Å². The molecule has 2 aromatic rings. The van der Waals surface area contributed by atoms with Crippen molar-refractivity contribution in [1.82, 2.24) is 0 Å². The number of hydrogen-bond acceptors (Lipinski definition) is 2. The van der Waals surface area contributed by atoms with E-state index in [1.54, 1.807) is 0 Å². The molecule has 160 valence electrons. The molecule has 3 rings (SSSR count). The van der Waals surface area contributed by atoms with Gasteiger partial charge in [0, 0.05) is 5.56 Å². The van der Waals surface area contributed by atoms with Crippen LogP contribution in [0.5, 0.6) is 5.75 Å². The third-order valence-electron chi connectivity index (χ3n) is 6.40. The van der Waals surface area contributed by atoms with Crippen molar-refractivity contribution in [3.8, 4) is 16.9 Å². The number of carbonyl (C=O) groups is 1.